The van der Waals surface area contributed by atoms with Crippen molar-refractivity contribution in [3.63, 3.8) is 0 Å². The fraction of sp³-hybridized carbons (Fsp3) is 0.571. The minimum atomic E-state index is -0.570. The standard InChI is InChI=1S/C21H29NO4S/c1-15(14-27-18(23)13-16-9-6-5-7-10-16)19(24)22-12-8-11-17(22)20(25)26-21(2,3)4/h5-7,9-10,15,17H,8,11-14H2,1-4H3/t15?,17-/m0/s1. The summed E-state index contributed by atoms with van der Waals surface area (Å²) in [7, 11) is 0. The van der Waals surface area contributed by atoms with Gasteiger partial charge in [0.2, 0.25) is 5.91 Å². The van der Waals surface area contributed by atoms with Gasteiger partial charge >= 0.3 is 5.97 Å². The first-order valence-corrected chi connectivity index (χ1v) is 10.4. The molecule has 6 heteroatoms. The van der Waals surface area contributed by atoms with Crippen molar-refractivity contribution >= 4 is 28.8 Å². The van der Waals surface area contributed by atoms with E-state index in [4.69, 9.17) is 4.74 Å². The van der Waals surface area contributed by atoms with E-state index in [0.29, 0.717) is 25.1 Å². The monoisotopic (exact) mass is 391 g/mol. The third-order valence-electron chi connectivity index (χ3n) is 4.32. The van der Waals surface area contributed by atoms with Crippen LogP contribution in [0.2, 0.25) is 0 Å². The van der Waals surface area contributed by atoms with Gasteiger partial charge in [0.05, 0.1) is 0 Å². The van der Waals surface area contributed by atoms with Gasteiger partial charge in [-0.3, -0.25) is 9.59 Å². The van der Waals surface area contributed by atoms with Crippen LogP contribution in [0.4, 0.5) is 0 Å². The van der Waals surface area contributed by atoms with E-state index in [1.54, 1.807) is 4.90 Å². The maximum Gasteiger partial charge on any atom is 0.329 e. The predicted octanol–water partition coefficient (Wildman–Crippen LogP) is 3.46. The van der Waals surface area contributed by atoms with E-state index in [-0.39, 0.29) is 22.9 Å². The Morgan fingerprint density at radius 1 is 1.22 bits per heavy atom. The Morgan fingerprint density at radius 2 is 1.89 bits per heavy atom. The molecule has 1 aliphatic rings. The molecule has 0 radical (unpaired) electrons. The molecule has 1 heterocycles. The lowest BCUT2D eigenvalue weighted by atomic mass is 10.1. The molecule has 1 amide bonds. The second-order valence-electron chi connectivity index (χ2n) is 7.97. The van der Waals surface area contributed by atoms with Gasteiger partial charge in [0.25, 0.3) is 0 Å². The fourth-order valence-electron chi connectivity index (χ4n) is 3.03. The number of esters is 1. The Bertz CT molecular complexity index is 669. The topological polar surface area (TPSA) is 63.7 Å². The highest BCUT2D eigenvalue weighted by Crippen LogP contribution is 2.24. The van der Waals surface area contributed by atoms with E-state index in [9.17, 15) is 14.4 Å². The van der Waals surface area contributed by atoms with Crippen LogP contribution in [0.15, 0.2) is 30.3 Å². The quantitative estimate of drug-likeness (QED) is 0.695. The van der Waals surface area contributed by atoms with Crippen LogP contribution in [0.3, 0.4) is 0 Å². The predicted molar refractivity (Wildman–Crippen MR) is 107 cm³/mol. The number of carbonyl (C=O) groups excluding carboxylic acids is 3. The van der Waals surface area contributed by atoms with Crippen LogP contribution in [0.1, 0.15) is 46.1 Å². The average molecular weight is 392 g/mol. The third-order valence-corrected chi connectivity index (χ3v) is 5.45. The Hall–Kier alpha value is -1.82. The number of likely N-dealkylation sites (tertiary alicyclic amines) is 1. The molecule has 0 spiro atoms. The van der Waals surface area contributed by atoms with E-state index >= 15 is 0 Å². The highest BCUT2D eigenvalue weighted by Gasteiger charge is 2.38. The number of ether oxygens (including phenoxy) is 1. The van der Waals surface area contributed by atoms with E-state index < -0.39 is 11.6 Å². The van der Waals surface area contributed by atoms with Crippen molar-refractivity contribution in [3.05, 3.63) is 35.9 Å². The molecule has 2 atom stereocenters. The molecule has 0 N–H and O–H groups in total. The minimum absolute atomic E-state index is 0.0472. The molecule has 1 aliphatic heterocycles. The summed E-state index contributed by atoms with van der Waals surface area (Å²) in [6.07, 6.45) is 1.78. The number of benzene rings is 1. The summed E-state index contributed by atoms with van der Waals surface area (Å²) >= 11 is 1.18. The van der Waals surface area contributed by atoms with Gasteiger partial charge in [0.15, 0.2) is 5.12 Å². The Kier molecular flexibility index (Phi) is 7.48. The smallest absolute Gasteiger partial charge is 0.329 e. The number of hydrogen-bond donors (Lipinski definition) is 0. The Morgan fingerprint density at radius 3 is 2.52 bits per heavy atom. The largest absolute Gasteiger partial charge is 0.458 e. The van der Waals surface area contributed by atoms with Gasteiger partial charge < -0.3 is 9.64 Å². The zero-order valence-electron chi connectivity index (χ0n) is 16.6. The van der Waals surface area contributed by atoms with Crippen LogP contribution >= 0.6 is 11.8 Å². The summed E-state index contributed by atoms with van der Waals surface area (Å²) in [5.74, 6) is -0.323. The molecule has 0 saturated carbocycles. The van der Waals surface area contributed by atoms with Crippen LogP contribution in [-0.4, -0.2) is 45.8 Å². The molecular weight excluding hydrogens is 362 g/mol. The first kappa shape index (κ1) is 21.5. The van der Waals surface area contributed by atoms with Gasteiger partial charge in [-0.15, -0.1) is 0 Å². The highest BCUT2D eigenvalue weighted by atomic mass is 32.2. The number of thioether (sulfide) groups is 1. The average Bonchev–Trinajstić information content (AvgIpc) is 3.08. The van der Waals surface area contributed by atoms with Gasteiger partial charge in [0.1, 0.15) is 11.6 Å². The van der Waals surface area contributed by atoms with Crippen molar-refractivity contribution in [1.82, 2.24) is 4.90 Å². The van der Waals surface area contributed by atoms with Crippen LogP contribution in [0.5, 0.6) is 0 Å². The molecule has 5 nitrogen and oxygen atoms in total. The molecule has 1 aromatic rings. The first-order chi connectivity index (χ1) is 12.7. The van der Waals surface area contributed by atoms with E-state index in [1.165, 1.54) is 11.8 Å². The van der Waals surface area contributed by atoms with Gasteiger partial charge in [0, 0.05) is 24.6 Å². The van der Waals surface area contributed by atoms with Gasteiger partial charge in [-0.05, 0) is 39.2 Å². The zero-order chi connectivity index (χ0) is 20.0. The number of rotatable bonds is 6. The maximum absolute atomic E-state index is 12.8. The van der Waals surface area contributed by atoms with Gasteiger partial charge in [-0.1, -0.05) is 49.0 Å². The van der Waals surface area contributed by atoms with Crippen LogP contribution in [-0.2, 0) is 25.5 Å². The van der Waals surface area contributed by atoms with Gasteiger partial charge in [-0.25, -0.2) is 4.79 Å². The van der Waals surface area contributed by atoms with Crippen LogP contribution in [0, 0.1) is 5.92 Å². The molecule has 1 saturated heterocycles. The summed E-state index contributed by atoms with van der Waals surface area (Å²) in [6, 6.07) is 9.06. The molecule has 0 aliphatic carbocycles. The molecule has 1 unspecified atom stereocenters. The lowest BCUT2D eigenvalue weighted by molar-refractivity contribution is -0.163. The zero-order valence-corrected chi connectivity index (χ0v) is 17.4. The third kappa shape index (κ3) is 6.69. The maximum atomic E-state index is 12.8. The first-order valence-electron chi connectivity index (χ1n) is 9.40. The summed E-state index contributed by atoms with van der Waals surface area (Å²) in [6.45, 7) is 7.85. The molecule has 148 valence electrons. The van der Waals surface area contributed by atoms with Crippen molar-refractivity contribution in [2.45, 2.75) is 58.6 Å². The summed E-state index contributed by atoms with van der Waals surface area (Å²) in [5, 5.41) is 0.0472. The van der Waals surface area contributed by atoms with Crippen molar-refractivity contribution in [1.29, 1.82) is 0 Å². The van der Waals surface area contributed by atoms with E-state index in [1.807, 2.05) is 58.0 Å². The summed E-state index contributed by atoms with van der Waals surface area (Å²) < 4.78 is 5.45. The number of amides is 1. The molecular formula is C21H29NO4S. The van der Waals surface area contributed by atoms with Crippen molar-refractivity contribution in [2.24, 2.45) is 5.92 Å². The molecule has 2 rings (SSSR count). The number of nitrogens with zero attached hydrogens (tertiary/aromatic N) is 1. The lowest BCUT2D eigenvalue weighted by Gasteiger charge is -2.29. The highest BCUT2D eigenvalue weighted by molar-refractivity contribution is 8.13. The molecule has 0 bridgehead atoms. The van der Waals surface area contributed by atoms with Crippen LogP contribution < -0.4 is 0 Å². The Labute approximate surface area is 165 Å². The Balaban J connectivity index is 1.86. The SMILES string of the molecule is CC(CSC(=O)Cc1ccccc1)C(=O)N1CCC[C@H]1C(=O)OC(C)(C)C. The summed E-state index contributed by atoms with van der Waals surface area (Å²) in [4.78, 5) is 39.0. The van der Waals surface area contributed by atoms with Crippen molar-refractivity contribution in [2.75, 3.05) is 12.3 Å². The lowest BCUT2D eigenvalue weighted by Crippen LogP contribution is -2.45. The van der Waals surface area contributed by atoms with Crippen molar-refractivity contribution in [3.8, 4) is 0 Å². The van der Waals surface area contributed by atoms with Crippen molar-refractivity contribution < 1.29 is 19.1 Å². The molecule has 0 aromatic heterocycles. The number of hydrogen-bond acceptors (Lipinski definition) is 5. The number of carbonyl (C=O) groups is 3. The second kappa shape index (κ2) is 9.40. The van der Waals surface area contributed by atoms with Gasteiger partial charge in [-0.2, -0.15) is 0 Å². The normalized spacial score (nSPS) is 18.2. The van der Waals surface area contributed by atoms with Crippen LogP contribution in [0.25, 0.3) is 0 Å². The second-order valence-corrected chi connectivity index (χ2v) is 9.05. The minimum Gasteiger partial charge on any atom is -0.458 e. The fourth-order valence-corrected chi connectivity index (χ4v) is 3.88. The van der Waals surface area contributed by atoms with E-state index in [2.05, 4.69) is 0 Å². The molecule has 27 heavy (non-hydrogen) atoms. The van der Waals surface area contributed by atoms with E-state index in [0.717, 1.165) is 12.0 Å². The summed E-state index contributed by atoms with van der Waals surface area (Å²) in [5.41, 5.74) is 0.401. The molecule has 1 aromatic carbocycles. The molecule has 1 fully saturated rings.